The monoisotopic (exact) mass is 252 g/mol. The second kappa shape index (κ2) is 5.37. The molecule has 2 rings (SSSR count). The first-order valence-electron chi connectivity index (χ1n) is 6.53. The summed E-state index contributed by atoms with van der Waals surface area (Å²) in [6, 6.07) is 4.77. The summed E-state index contributed by atoms with van der Waals surface area (Å²) in [5.41, 5.74) is 1.30. The molecule has 1 aromatic carbocycles. The Morgan fingerprint density at radius 2 is 2.06 bits per heavy atom. The molecular formula is C15H21FO2. The summed E-state index contributed by atoms with van der Waals surface area (Å²) in [7, 11) is 1.72. The summed E-state index contributed by atoms with van der Waals surface area (Å²) in [4.78, 5) is 0. The minimum Gasteiger partial charge on any atom is -0.390 e. The molecule has 2 nitrogen and oxygen atoms in total. The zero-order valence-corrected chi connectivity index (χ0v) is 11.1. The van der Waals surface area contributed by atoms with Crippen LogP contribution >= 0.6 is 0 Å². The summed E-state index contributed by atoms with van der Waals surface area (Å²) >= 11 is 0. The lowest BCUT2D eigenvalue weighted by Crippen LogP contribution is -2.38. The van der Waals surface area contributed by atoms with Crippen molar-refractivity contribution in [2.75, 3.05) is 7.11 Å². The van der Waals surface area contributed by atoms with Crippen LogP contribution in [-0.2, 0) is 11.2 Å². The zero-order chi connectivity index (χ0) is 13.2. The second-order valence-electron chi connectivity index (χ2n) is 5.41. The number of methoxy groups -OCH3 is 1. The minimum absolute atomic E-state index is 0.216. The number of rotatable bonds is 3. The van der Waals surface area contributed by atoms with E-state index in [1.807, 2.05) is 6.92 Å². The predicted octanol–water partition coefficient (Wildman–Crippen LogP) is 3.00. The molecule has 18 heavy (non-hydrogen) atoms. The molecule has 3 heteroatoms. The highest BCUT2D eigenvalue weighted by molar-refractivity contribution is 5.28. The molecule has 1 aliphatic rings. The van der Waals surface area contributed by atoms with Gasteiger partial charge in [-0.25, -0.2) is 4.39 Å². The van der Waals surface area contributed by atoms with E-state index in [-0.39, 0.29) is 11.9 Å². The van der Waals surface area contributed by atoms with Crippen LogP contribution < -0.4 is 0 Å². The SMILES string of the molecule is COC1CCC(O)(Cc2ccc(F)cc2C)CC1. The smallest absolute Gasteiger partial charge is 0.123 e. The van der Waals surface area contributed by atoms with Gasteiger partial charge >= 0.3 is 0 Å². The molecule has 1 aromatic rings. The van der Waals surface area contributed by atoms with Gasteiger partial charge < -0.3 is 9.84 Å². The van der Waals surface area contributed by atoms with E-state index in [1.165, 1.54) is 12.1 Å². The van der Waals surface area contributed by atoms with E-state index in [4.69, 9.17) is 4.74 Å². The maximum absolute atomic E-state index is 13.0. The number of hydrogen-bond acceptors (Lipinski definition) is 2. The summed E-state index contributed by atoms with van der Waals surface area (Å²) < 4.78 is 18.4. The lowest BCUT2D eigenvalue weighted by Gasteiger charge is -2.36. The third-order valence-corrected chi connectivity index (χ3v) is 4.02. The summed E-state index contributed by atoms with van der Waals surface area (Å²) in [5, 5.41) is 10.6. The Bertz CT molecular complexity index is 409. The van der Waals surface area contributed by atoms with Crippen LogP contribution in [0.1, 0.15) is 36.8 Å². The van der Waals surface area contributed by atoms with E-state index >= 15 is 0 Å². The molecule has 0 amide bonds. The Balaban J connectivity index is 2.04. The van der Waals surface area contributed by atoms with Gasteiger partial charge in [0.25, 0.3) is 0 Å². The van der Waals surface area contributed by atoms with Crippen LogP contribution in [0.4, 0.5) is 4.39 Å². The first kappa shape index (κ1) is 13.5. The van der Waals surface area contributed by atoms with Crippen molar-refractivity contribution in [2.24, 2.45) is 0 Å². The van der Waals surface area contributed by atoms with Crippen LogP contribution in [0.5, 0.6) is 0 Å². The second-order valence-corrected chi connectivity index (χ2v) is 5.41. The van der Waals surface area contributed by atoms with Gasteiger partial charge in [-0.15, -0.1) is 0 Å². The Hall–Kier alpha value is -0.930. The number of aryl methyl sites for hydroxylation is 1. The van der Waals surface area contributed by atoms with E-state index < -0.39 is 5.60 Å². The maximum Gasteiger partial charge on any atom is 0.123 e. The third-order valence-electron chi connectivity index (χ3n) is 4.02. The average Bonchev–Trinajstić information content (AvgIpc) is 2.34. The molecule has 0 aliphatic heterocycles. The minimum atomic E-state index is -0.655. The van der Waals surface area contributed by atoms with Gasteiger partial charge in [0, 0.05) is 13.5 Å². The molecule has 1 N–H and O–H groups in total. The fourth-order valence-corrected chi connectivity index (χ4v) is 2.75. The number of ether oxygens (including phenoxy) is 1. The van der Waals surface area contributed by atoms with Crippen molar-refractivity contribution in [1.82, 2.24) is 0 Å². The van der Waals surface area contributed by atoms with E-state index in [2.05, 4.69) is 0 Å². The van der Waals surface area contributed by atoms with Crippen LogP contribution in [0.2, 0.25) is 0 Å². The van der Waals surface area contributed by atoms with Gasteiger partial charge in [0.15, 0.2) is 0 Å². The van der Waals surface area contributed by atoms with Crippen molar-refractivity contribution in [3.63, 3.8) is 0 Å². The molecule has 0 unspecified atom stereocenters. The highest BCUT2D eigenvalue weighted by Crippen LogP contribution is 2.33. The quantitative estimate of drug-likeness (QED) is 0.896. The van der Waals surface area contributed by atoms with Crippen LogP contribution in [0.15, 0.2) is 18.2 Å². The number of halogens is 1. The number of benzene rings is 1. The van der Waals surface area contributed by atoms with Gasteiger partial charge in [-0.05, 0) is 55.9 Å². The van der Waals surface area contributed by atoms with Gasteiger partial charge in [0.1, 0.15) is 5.82 Å². The average molecular weight is 252 g/mol. The lowest BCUT2D eigenvalue weighted by molar-refractivity contribution is -0.0428. The number of aliphatic hydroxyl groups is 1. The van der Waals surface area contributed by atoms with Crippen LogP contribution in [0.3, 0.4) is 0 Å². The van der Waals surface area contributed by atoms with Crippen molar-refractivity contribution in [3.8, 4) is 0 Å². The summed E-state index contributed by atoms with van der Waals surface area (Å²) in [6.07, 6.45) is 4.18. The van der Waals surface area contributed by atoms with Crippen molar-refractivity contribution in [3.05, 3.63) is 35.1 Å². The van der Waals surface area contributed by atoms with Crippen molar-refractivity contribution in [2.45, 2.75) is 50.7 Å². The Morgan fingerprint density at radius 3 is 2.61 bits per heavy atom. The van der Waals surface area contributed by atoms with E-state index in [1.54, 1.807) is 13.2 Å². The molecule has 0 aromatic heterocycles. The largest absolute Gasteiger partial charge is 0.390 e. The molecule has 1 saturated carbocycles. The highest BCUT2D eigenvalue weighted by atomic mass is 19.1. The molecule has 0 spiro atoms. The Labute approximate surface area is 108 Å². The normalized spacial score (nSPS) is 28.3. The Kier molecular flexibility index (Phi) is 4.03. The van der Waals surface area contributed by atoms with E-state index in [0.717, 1.165) is 36.8 Å². The van der Waals surface area contributed by atoms with Gasteiger partial charge in [-0.3, -0.25) is 0 Å². The fourth-order valence-electron chi connectivity index (χ4n) is 2.75. The molecule has 1 fully saturated rings. The summed E-state index contributed by atoms with van der Waals surface area (Å²) in [5.74, 6) is -0.216. The lowest BCUT2D eigenvalue weighted by atomic mass is 9.78. The van der Waals surface area contributed by atoms with Crippen LogP contribution in [-0.4, -0.2) is 23.9 Å². The van der Waals surface area contributed by atoms with Crippen LogP contribution in [0, 0.1) is 12.7 Å². The van der Waals surface area contributed by atoms with Gasteiger partial charge in [0.2, 0.25) is 0 Å². The fraction of sp³-hybridized carbons (Fsp3) is 0.600. The molecular weight excluding hydrogens is 231 g/mol. The van der Waals surface area contributed by atoms with Gasteiger partial charge in [-0.1, -0.05) is 6.07 Å². The van der Waals surface area contributed by atoms with Crippen molar-refractivity contribution in [1.29, 1.82) is 0 Å². The van der Waals surface area contributed by atoms with Gasteiger partial charge in [0.05, 0.1) is 11.7 Å². The Morgan fingerprint density at radius 1 is 1.39 bits per heavy atom. The summed E-state index contributed by atoms with van der Waals surface area (Å²) in [6.45, 7) is 1.89. The first-order chi connectivity index (χ1) is 8.52. The molecule has 100 valence electrons. The van der Waals surface area contributed by atoms with E-state index in [9.17, 15) is 9.50 Å². The molecule has 0 saturated heterocycles. The number of hydrogen-bond donors (Lipinski definition) is 1. The molecule has 0 bridgehead atoms. The maximum atomic E-state index is 13.0. The first-order valence-corrected chi connectivity index (χ1v) is 6.53. The molecule has 0 atom stereocenters. The third kappa shape index (κ3) is 3.09. The zero-order valence-electron chi connectivity index (χ0n) is 11.1. The van der Waals surface area contributed by atoms with Crippen LogP contribution in [0.25, 0.3) is 0 Å². The van der Waals surface area contributed by atoms with Crippen molar-refractivity contribution >= 4 is 0 Å². The predicted molar refractivity (Wildman–Crippen MR) is 69.1 cm³/mol. The van der Waals surface area contributed by atoms with Gasteiger partial charge in [-0.2, -0.15) is 0 Å². The van der Waals surface area contributed by atoms with Crippen molar-refractivity contribution < 1.29 is 14.2 Å². The standard InChI is InChI=1S/C15H21FO2/c1-11-9-13(16)4-3-12(11)10-15(17)7-5-14(18-2)6-8-15/h3-4,9,14,17H,5-8,10H2,1-2H3. The molecule has 0 radical (unpaired) electrons. The highest BCUT2D eigenvalue weighted by Gasteiger charge is 2.33. The topological polar surface area (TPSA) is 29.5 Å². The van der Waals surface area contributed by atoms with E-state index in [0.29, 0.717) is 6.42 Å². The molecule has 0 heterocycles. The molecule has 1 aliphatic carbocycles.